The van der Waals surface area contributed by atoms with Crippen molar-refractivity contribution in [3.8, 4) is 0 Å². The zero-order valence-electron chi connectivity index (χ0n) is 13.6. The maximum atomic E-state index is 5.89. The van der Waals surface area contributed by atoms with Crippen molar-refractivity contribution in [3.05, 3.63) is 52.4 Å². The largest absolute Gasteiger partial charge is 0.359 e. The molecule has 6 heteroatoms. The lowest BCUT2D eigenvalue weighted by atomic mass is 10.1. The average Bonchev–Trinajstić information content (AvgIpc) is 3.02. The molecular formula is C17H23ClN4O. The fourth-order valence-electron chi connectivity index (χ4n) is 2.07. The van der Waals surface area contributed by atoms with Gasteiger partial charge in [-0.2, -0.15) is 0 Å². The zero-order chi connectivity index (χ0) is 16.5. The van der Waals surface area contributed by atoms with Crippen molar-refractivity contribution in [2.75, 3.05) is 13.1 Å². The molecule has 0 radical (unpaired) electrons. The first kappa shape index (κ1) is 17.3. The van der Waals surface area contributed by atoms with Gasteiger partial charge < -0.3 is 15.2 Å². The molecule has 2 rings (SSSR count). The molecule has 1 aromatic carbocycles. The van der Waals surface area contributed by atoms with E-state index in [0.29, 0.717) is 6.54 Å². The number of aliphatic imine (C=N–C) groups is 1. The summed E-state index contributed by atoms with van der Waals surface area (Å²) >= 11 is 5.89. The quantitative estimate of drug-likeness (QED) is 0.603. The summed E-state index contributed by atoms with van der Waals surface area (Å²) in [5, 5.41) is 11.3. The summed E-state index contributed by atoms with van der Waals surface area (Å²) in [5.41, 5.74) is 2.19. The molecule has 23 heavy (non-hydrogen) atoms. The number of nitrogens with zero attached hydrogens (tertiary/aromatic N) is 2. The number of nitrogens with one attached hydrogen (secondary N) is 2. The van der Waals surface area contributed by atoms with E-state index < -0.39 is 0 Å². The molecule has 0 aliphatic rings. The first-order valence-corrected chi connectivity index (χ1v) is 8.30. The summed E-state index contributed by atoms with van der Waals surface area (Å²) in [6.45, 7) is 6.17. The fraction of sp³-hybridized carbons (Fsp3) is 0.412. The van der Waals surface area contributed by atoms with E-state index in [1.165, 1.54) is 5.56 Å². The van der Waals surface area contributed by atoms with Gasteiger partial charge in [-0.05, 0) is 37.5 Å². The number of halogens is 1. The predicted octanol–water partition coefficient (Wildman–Crippen LogP) is 3.19. The van der Waals surface area contributed by atoms with E-state index in [0.717, 1.165) is 48.4 Å². The molecule has 0 saturated heterocycles. The van der Waals surface area contributed by atoms with Gasteiger partial charge >= 0.3 is 0 Å². The third-order valence-corrected chi connectivity index (χ3v) is 3.58. The molecule has 0 bridgehead atoms. The monoisotopic (exact) mass is 334 g/mol. The molecule has 0 fully saturated rings. The molecule has 0 unspecified atom stereocenters. The van der Waals surface area contributed by atoms with Crippen LogP contribution in [0.25, 0.3) is 0 Å². The van der Waals surface area contributed by atoms with Crippen LogP contribution in [0.1, 0.15) is 30.9 Å². The van der Waals surface area contributed by atoms with Gasteiger partial charge in [-0.25, -0.2) is 4.99 Å². The average molecular weight is 335 g/mol. The summed E-state index contributed by atoms with van der Waals surface area (Å²) in [6, 6.07) is 9.83. The summed E-state index contributed by atoms with van der Waals surface area (Å²) < 4.78 is 5.24. The van der Waals surface area contributed by atoms with Crippen molar-refractivity contribution in [2.24, 2.45) is 4.99 Å². The Labute approximate surface area is 142 Å². The Morgan fingerprint density at radius 3 is 2.65 bits per heavy atom. The highest BCUT2D eigenvalue weighted by Crippen LogP contribution is 2.09. The molecule has 0 aliphatic heterocycles. The number of aryl methyl sites for hydroxylation is 1. The van der Waals surface area contributed by atoms with Crippen molar-refractivity contribution in [2.45, 2.75) is 33.2 Å². The minimum Gasteiger partial charge on any atom is -0.359 e. The minimum atomic E-state index is 0.475. The van der Waals surface area contributed by atoms with Gasteiger partial charge in [0.05, 0.1) is 5.69 Å². The second kappa shape index (κ2) is 9.20. The van der Waals surface area contributed by atoms with Gasteiger partial charge in [0, 0.05) is 24.2 Å². The van der Waals surface area contributed by atoms with E-state index in [1.54, 1.807) is 0 Å². The Hall–Kier alpha value is -2.01. The second-order valence-corrected chi connectivity index (χ2v) is 5.57. The number of guanidine groups is 1. The summed E-state index contributed by atoms with van der Waals surface area (Å²) in [7, 11) is 0. The van der Waals surface area contributed by atoms with Crippen LogP contribution >= 0.6 is 11.6 Å². The third-order valence-electron chi connectivity index (χ3n) is 3.33. The number of hydrogen-bond acceptors (Lipinski definition) is 3. The van der Waals surface area contributed by atoms with Crippen molar-refractivity contribution >= 4 is 17.6 Å². The fourth-order valence-corrected chi connectivity index (χ4v) is 2.20. The third kappa shape index (κ3) is 5.94. The Kier molecular flexibility index (Phi) is 6.94. The van der Waals surface area contributed by atoms with Crippen LogP contribution in [0, 0.1) is 0 Å². The van der Waals surface area contributed by atoms with Gasteiger partial charge in [-0.15, -0.1) is 0 Å². The number of hydrogen-bond donors (Lipinski definition) is 2. The van der Waals surface area contributed by atoms with E-state index >= 15 is 0 Å². The highest BCUT2D eigenvalue weighted by molar-refractivity contribution is 6.30. The lowest BCUT2D eigenvalue weighted by Gasteiger charge is -2.10. The van der Waals surface area contributed by atoms with Crippen molar-refractivity contribution < 1.29 is 4.52 Å². The molecule has 0 aliphatic carbocycles. The molecule has 124 valence electrons. The van der Waals surface area contributed by atoms with Crippen LogP contribution in [-0.4, -0.2) is 24.2 Å². The van der Waals surface area contributed by atoms with Gasteiger partial charge in [-0.3, -0.25) is 0 Å². The molecule has 0 spiro atoms. The molecule has 0 atom stereocenters. The Morgan fingerprint density at radius 1 is 1.22 bits per heavy atom. The van der Waals surface area contributed by atoms with Crippen LogP contribution in [0.2, 0.25) is 5.02 Å². The van der Waals surface area contributed by atoms with Crippen molar-refractivity contribution in [1.29, 1.82) is 0 Å². The number of benzene rings is 1. The van der Waals surface area contributed by atoms with Gasteiger partial charge in [0.25, 0.3) is 0 Å². The maximum Gasteiger partial charge on any atom is 0.191 e. The standard InChI is InChI=1S/C17H23ClN4O/c1-3-15-11-16(23-22-15)12-21-17(19-4-2)20-10-9-13-5-7-14(18)8-6-13/h5-8,11H,3-4,9-10,12H2,1-2H3,(H2,19,20,21). The lowest BCUT2D eigenvalue weighted by molar-refractivity contribution is 0.379. The van der Waals surface area contributed by atoms with Gasteiger partial charge in [-0.1, -0.05) is 35.8 Å². The highest BCUT2D eigenvalue weighted by atomic mass is 35.5. The highest BCUT2D eigenvalue weighted by Gasteiger charge is 2.03. The first-order chi connectivity index (χ1) is 11.2. The molecule has 2 N–H and O–H groups in total. The van der Waals surface area contributed by atoms with Gasteiger partial charge in [0.2, 0.25) is 0 Å². The smallest absolute Gasteiger partial charge is 0.191 e. The van der Waals surface area contributed by atoms with Crippen molar-refractivity contribution in [3.63, 3.8) is 0 Å². The van der Waals surface area contributed by atoms with Crippen LogP contribution < -0.4 is 10.6 Å². The maximum absolute atomic E-state index is 5.89. The Morgan fingerprint density at radius 2 is 2.00 bits per heavy atom. The predicted molar refractivity (Wildman–Crippen MR) is 93.9 cm³/mol. The molecule has 1 heterocycles. The number of rotatable bonds is 7. The SMILES string of the molecule is CCNC(=NCc1cc(CC)no1)NCCc1ccc(Cl)cc1. The van der Waals surface area contributed by atoms with Gasteiger partial charge in [0.1, 0.15) is 6.54 Å². The molecule has 2 aromatic rings. The van der Waals surface area contributed by atoms with Crippen LogP contribution in [0.15, 0.2) is 39.8 Å². The number of aromatic nitrogens is 1. The van der Waals surface area contributed by atoms with Crippen LogP contribution in [0.4, 0.5) is 0 Å². The Bertz CT molecular complexity index is 622. The molecule has 1 aromatic heterocycles. The second-order valence-electron chi connectivity index (χ2n) is 5.14. The van der Waals surface area contributed by atoms with Crippen LogP contribution in [0.3, 0.4) is 0 Å². The van der Waals surface area contributed by atoms with Crippen molar-refractivity contribution in [1.82, 2.24) is 15.8 Å². The summed E-state index contributed by atoms with van der Waals surface area (Å²) in [5.74, 6) is 1.55. The molecule has 0 saturated carbocycles. The summed E-state index contributed by atoms with van der Waals surface area (Å²) in [6.07, 6.45) is 1.77. The Balaban J connectivity index is 1.84. The van der Waals surface area contributed by atoms with E-state index in [1.807, 2.05) is 44.2 Å². The van der Waals surface area contributed by atoms with E-state index in [-0.39, 0.29) is 0 Å². The zero-order valence-corrected chi connectivity index (χ0v) is 14.4. The van der Waals surface area contributed by atoms with Gasteiger partial charge in [0.15, 0.2) is 11.7 Å². The minimum absolute atomic E-state index is 0.475. The molecular weight excluding hydrogens is 312 g/mol. The van der Waals surface area contributed by atoms with Crippen LogP contribution in [0.5, 0.6) is 0 Å². The topological polar surface area (TPSA) is 62.5 Å². The first-order valence-electron chi connectivity index (χ1n) is 7.92. The molecule has 0 amide bonds. The summed E-state index contributed by atoms with van der Waals surface area (Å²) in [4.78, 5) is 4.52. The normalized spacial score (nSPS) is 11.5. The lowest BCUT2D eigenvalue weighted by Crippen LogP contribution is -2.38. The molecule has 5 nitrogen and oxygen atoms in total. The van der Waals surface area contributed by atoms with E-state index in [9.17, 15) is 0 Å². The van der Waals surface area contributed by atoms with E-state index in [4.69, 9.17) is 16.1 Å². The van der Waals surface area contributed by atoms with E-state index in [2.05, 4.69) is 20.8 Å². The van der Waals surface area contributed by atoms with Crippen LogP contribution in [-0.2, 0) is 19.4 Å².